The highest BCUT2D eigenvalue weighted by atomic mass is 19.3. The number of aliphatic hydroxyl groups is 1. The highest BCUT2D eigenvalue weighted by molar-refractivity contribution is 5.29. The molecule has 0 saturated carbocycles. The number of ether oxygens (including phenoxy) is 1. The molecule has 2 rings (SSSR count). The van der Waals surface area contributed by atoms with Crippen molar-refractivity contribution in [3.8, 4) is 5.75 Å². The molecular weight excluding hydrogens is 307 g/mol. The van der Waals surface area contributed by atoms with Crippen molar-refractivity contribution in [1.82, 2.24) is 5.32 Å². The molecule has 2 aromatic carbocycles. The molecule has 2 N–H and O–H groups in total. The maximum atomic E-state index is 13.6. The van der Waals surface area contributed by atoms with Crippen molar-refractivity contribution in [2.45, 2.75) is 26.2 Å². The Bertz CT molecular complexity index is 649. The monoisotopic (exact) mass is 325 g/mol. The third-order valence-electron chi connectivity index (χ3n) is 3.31. The summed E-state index contributed by atoms with van der Waals surface area (Å²) in [5.74, 6) is -1.33. The van der Waals surface area contributed by atoms with Gasteiger partial charge in [0.15, 0.2) is 11.6 Å². The summed E-state index contributed by atoms with van der Waals surface area (Å²) in [7, 11) is 0. The second-order valence-corrected chi connectivity index (χ2v) is 5.20. The zero-order valence-electron chi connectivity index (χ0n) is 12.6. The fourth-order valence-electron chi connectivity index (χ4n) is 2.19. The molecule has 0 fully saturated rings. The van der Waals surface area contributed by atoms with Crippen LogP contribution in [-0.2, 0) is 6.54 Å². The van der Waals surface area contributed by atoms with Gasteiger partial charge in [0.1, 0.15) is 0 Å². The van der Waals surface area contributed by atoms with Gasteiger partial charge >= 0.3 is 6.61 Å². The van der Waals surface area contributed by atoms with Gasteiger partial charge in [0.2, 0.25) is 0 Å². The van der Waals surface area contributed by atoms with Gasteiger partial charge in [-0.2, -0.15) is 8.78 Å². The molecular formula is C17H18F3NO2. The summed E-state index contributed by atoms with van der Waals surface area (Å²) in [6.45, 7) is -0.525. The number of alkyl halides is 2. The van der Waals surface area contributed by atoms with Gasteiger partial charge in [-0.3, -0.25) is 0 Å². The van der Waals surface area contributed by atoms with Crippen molar-refractivity contribution < 1.29 is 23.0 Å². The SMILES string of the molecule is Cc1cccc(C(O)CNCc2ccc(OC(F)F)c(F)c2)c1. The molecule has 1 atom stereocenters. The summed E-state index contributed by atoms with van der Waals surface area (Å²) >= 11 is 0. The number of hydrogen-bond donors (Lipinski definition) is 2. The number of nitrogens with one attached hydrogen (secondary N) is 1. The Balaban J connectivity index is 1.87. The summed E-state index contributed by atoms with van der Waals surface area (Å²) in [6, 6.07) is 11.3. The molecule has 0 radical (unpaired) electrons. The molecule has 0 heterocycles. The van der Waals surface area contributed by atoms with Gasteiger partial charge in [-0.05, 0) is 30.2 Å². The Morgan fingerprint density at radius 3 is 2.61 bits per heavy atom. The summed E-state index contributed by atoms with van der Waals surface area (Å²) in [5.41, 5.74) is 2.42. The van der Waals surface area contributed by atoms with Crippen molar-refractivity contribution in [3.05, 3.63) is 65.0 Å². The molecule has 2 aromatic rings. The first-order valence-corrected chi connectivity index (χ1v) is 7.14. The standard InChI is InChI=1S/C17H18F3NO2/c1-11-3-2-4-13(7-11)15(22)10-21-9-12-5-6-16(14(18)8-12)23-17(19)20/h2-8,15,17,21-22H,9-10H2,1H3. The molecule has 0 aliphatic rings. The molecule has 23 heavy (non-hydrogen) atoms. The van der Waals surface area contributed by atoms with E-state index < -0.39 is 24.3 Å². The second kappa shape index (κ2) is 7.99. The fourth-order valence-corrected chi connectivity index (χ4v) is 2.19. The lowest BCUT2D eigenvalue weighted by Crippen LogP contribution is -2.21. The smallest absolute Gasteiger partial charge is 0.387 e. The van der Waals surface area contributed by atoms with Crippen molar-refractivity contribution >= 4 is 0 Å². The van der Waals surface area contributed by atoms with Gasteiger partial charge in [-0.15, -0.1) is 0 Å². The third-order valence-corrected chi connectivity index (χ3v) is 3.31. The van der Waals surface area contributed by atoms with E-state index in [9.17, 15) is 18.3 Å². The van der Waals surface area contributed by atoms with Gasteiger partial charge < -0.3 is 15.2 Å². The summed E-state index contributed by atoms with van der Waals surface area (Å²) < 4.78 is 41.7. The van der Waals surface area contributed by atoms with Crippen LogP contribution in [0.25, 0.3) is 0 Å². The molecule has 1 unspecified atom stereocenters. The molecule has 0 saturated heterocycles. The Hall–Kier alpha value is -2.05. The number of hydrogen-bond acceptors (Lipinski definition) is 3. The Morgan fingerprint density at radius 1 is 1.17 bits per heavy atom. The minimum Gasteiger partial charge on any atom is -0.432 e. The van der Waals surface area contributed by atoms with Gasteiger partial charge in [-0.25, -0.2) is 4.39 Å². The van der Waals surface area contributed by atoms with E-state index in [4.69, 9.17) is 0 Å². The molecule has 0 aliphatic carbocycles. The minimum absolute atomic E-state index is 0.292. The zero-order chi connectivity index (χ0) is 16.8. The van der Waals surface area contributed by atoms with E-state index in [0.29, 0.717) is 18.7 Å². The van der Waals surface area contributed by atoms with E-state index in [-0.39, 0.29) is 0 Å². The van der Waals surface area contributed by atoms with Crippen molar-refractivity contribution in [2.24, 2.45) is 0 Å². The Kier molecular flexibility index (Phi) is 6.01. The van der Waals surface area contributed by atoms with Gasteiger partial charge in [0, 0.05) is 13.1 Å². The first kappa shape index (κ1) is 17.3. The predicted molar refractivity (Wildman–Crippen MR) is 80.9 cm³/mol. The lowest BCUT2D eigenvalue weighted by molar-refractivity contribution is -0.0522. The van der Waals surface area contributed by atoms with Crippen LogP contribution in [0.2, 0.25) is 0 Å². The van der Waals surface area contributed by atoms with Crippen LogP contribution >= 0.6 is 0 Å². The minimum atomic E-state index is -3.06. The third kappa shape index (κ3) is 5.26. The fraction of sp³-hybridized carbons (Fsp3) is 0.294. The quantitative estimate of drug-likeness (QED) is 0.818. The number of rotatable bonds is 7. The first-order valence-electron chi connectivity index (χ1n) is 7.14. The average Bonchev–Trinajstić information content (AvgIpc) is 2.49. The van der Waals surface area contributed by atoms with E-state index in [0.717, 1.165) is 23.3 Å². The molecule has 124 valence electrons. The number of aliphatic hydroxyl groups excluding tert-OH is 1. The average molecular weight is 325 g/mol. The summed E-state index contributed by atoms with van der Waals surface area (Å²) in [4.78, 5) is 0. The van der Waals surface area contributed by atoms with Gasteiger partial charge in [-0.1, -0.05) is 35.9 Å². The van der Waals surface area contributed by atoms with Crippen LogP contribution in [-0.4, -0.2) is 18.3 Å². The van der Waals surface area contributed by atoms with E-state index in [1.54, 1.807) is 0 Å². The van der Waals surface area contributed by atoms with Crippen molar-refractivity contribution in [3.63, 3.8) is 0 Å². The maximum absolute atomic E-state index is 13.6. The largest absolute Gasteiger partial charge is 0.432 e. The molecule has 0 spiro atoms. The normalized spacial score (nSPS) is 12.4. The molecule has 3 nitrogen and oxygen atoms in total. The van der Waals surface area contributed by atoms with Crippen LogP contribution in [0, 0.1) is 12.7 Å². The lowest BCUT2D eigenvalue weighted by Gasteiger charge is -2.13. The van der Waals surface area contributed by atoms with Crippen LogP contribution in [0.15, 0.2) is 42.5 Å². The Morgan fingerprint density at radius 2 is 1.96 bits per heavy atom. The highest BCUT2D eigenvalue weighted by Gasteiger charge is 2.11. The van der Waals surface area contributed by atoms with Crippen LogP contribution in [0.5, 0.6) is 5.75 Å². The molecule has 6 heteroatoms. The molecule has 0 aromatic heterocycles. The predicted octanol–water partition coefficient (Wildman–Crippen LogP) is 3.56. The van der Waals surface area contributed by atoms with Crippen LogP contribution < -0.4 is 10.1 Å². The number of halogens is 3. The van der Waals surface area contributed by atoms with E-state index in [1.165, 1.54) is 6.07 Å². The summed E-state index contributed by atoms with van der Waals surface area (Å²) in [5, 5.41) is 13.1. The van der Waals surface area contributed by atoms with Crippen molar-refractivity contribution in [1.29, 1.82) is 0 Å². The van der Waals surface area contributed by atoms with Crippen LogP contribution in [0.3, 0.4) is 0 Å². The van der Waals surface area contributed by atoms with Crippen LogP contribution in [0.4, 0.5) is 13.2 Å². The van der Waals surface area contributed by atoms with Crippen molar-refractivity contribution in [2.75, 3.05) is 6.54 Å². The van der Waals surface area contributed by atoms with Gasteiger partial charge in [0.05, 0.1) is 6.10 Å². The van der Waals surface area contributed by atoms with Crippen LogP contribution in [0.1, 0.15) is 22.8 Å². The lowest BCUT2D eigenvalue weighted by atomic mass is 10.1. The van der Waals surface area contributed by atoms with E-state index in [1.807, 2.05) is 31.2 Å². The van der Waals surface area contributed by atoms with Gasteiger partial charge in [0.25, 0.3) is 0 Å². The molecule has 0 aliphatic heterocycles. The van der Waals surface area contributed by atoms with E-state index in [2.05, 4.69) is 10.1 Å². The second-order valence-electron chi connectivity index (χ2n) is 5.20. The Labute approximate surface area is 132 Å². The summed E-state index contributed by atoms with van der Waals surface area (Å²) in [6.07, 6.45) is -0.679. The highest BCUT2D eigenvalue weighted by Crippen LogP contribution is 2.20. The topological polar surface area (TPSA) is 41.5 Å². The molecule has 0 amide bonds. The molecule has 0 bridgehead atoms. The zero-order valence-corrected chi connectivity index (χ0v) is 12.6. The number of benzene rings is 2. The number of aryl methyl sites for hydroxylation is 1. The van der Waals surface area contributed by atoms with E-state index >= 15 is 0 Å². The first-order chi connectivity index (χ1) is 11.0. The maximum Gasteiger partial charge on any atom is 0.387 e.